The summed E-state index contributed by atoms with van der Waals surface area (Å²) in [5.74, 6) is -0.833. The Bertz CT molecular complexity index is 1340. The molecule has 0 bridgehead atoms. The molecule has 0 saturated carbocycles. The average Bonchev–Trinajstić information content (AvgIpc) is 3.46. The summed E-state index contributed by atoms with van der Waals surface area (Å²) < 4.78 is 17.0. The van der Waals surface area contributed by atoms with E-state index in [1.54, 1.807) is 0 Å². The standard InChI is InChI=1S/C74H138O6/c1-4-7-10-13-16-19-22-25-28-30-32-33-34-35-36-37-38-39-40-41-42-44-46-49-52-55-58-61-64-67-73(76)79-70-71(69-78-72(75)66-63-60-57-54-51-48-45-27-24-21-18-15-12-9-6-3)80-74(77)68-65-62-59-56-53-50-47-43-31-29-26-23-20-17-14-11-8-5-2/h22,25,30,32,34-35,71H,4-21,23-24,26-29,31,33,36-70H2,1-3H3/b25-22-,32-30-,35-34-. The smallest absolute Gasteiger partial charge is 0.306 e. The molecule has 6 heteroatoms. The molecule has 0 saturated heterocycles. The minimum absolute atomic E-state index is 0.0649. The fraction of sp³-hybridized carbons (Fsp3) is 0.878. The quantitative estimate of drug-likeness (QED) is 0.0261. The molecule has 0 fully saturated rings. The lowest BCUT2D eigenvalue weighted by Crippen LogP contribution is -2.30. The molecule has 0 aliphatic rings. The minimum atomic E-state index is -0.769. The number of esters is 3. The van der Waals surface area contributed by atoms with Crippen molar-refractivity contribution in [2.24, 2.45) is 0 Å². The molecule has 470 valence electrons. The van der Waals surface area contributed by atoms with Gasteiger partial charge in [0.15, 0.2) is 6.10 Å². The third kappa shape index (κ3) is 66.4. The van der Waals surface area contributed by atoms with E-state index in [4.69, 9.17) is 14.2 Å². The summed E-state index contributed by atoms with van der Waals surface area (Å²) in [6.45, 7) is 6.71. The predicted octanol–water partition coefficient (Wildman–Crippen LogP) is 24.7. The van der Waals surface area contributed by atoms with Crippen LogP contribution in [0.15, 0.2) is 36.5 Å². The van der Waals surface area contributed by atoms with Crippen LogP contribution < -0.4 is 0 Å². The molecule has 80 heavy (non-hydrogen) atoms. The second kappa shape index (κ2) is 69.1. The fourth-order valence-corrected chi connectivity index (χ4v) is 11.0. The molecular formula is C74H138O6. The normalized spacial score (nSPS) is 12.2. The lowest BCUT2D eigenvalue weighted by atomic mass is 10.0. The third-order valence-corrected chi connectivity index (χ3v) is 16.4. The van der Waals surface area contributed by atoms with Crippen molar-refractivity contribution in [2.75, 3.05) is 13.2 Å². The summed E-state index contributed by atoms with van der Waals surface area (Å²) in [7, 11) is 0. The van der Waals surface area contributed by atoms with Crippen LogP contribution in [0.2, 0.25) is 0 Å². The predicted molar refractivity (Wildman–Crippen MR) is 349 cm³/mol. The van der Waals surface area contributed by atoms with Crippen LogP contribution in [0.1, 0.15) is 400 Å². The van der Waals surface area contributed by atoms with Crippen LogP contribution in [-0.2, 0) is 28.6 Å². The van der Waals surface area contributed by atoms with Gasteiger partial charge in [0.1, 0.15) is 13.2 Å². The van der Waals surface area contributed by atoms with E-state index in [0.29, 0.717) is 19.3 Å². The van der Waals surface area contributed by atoms with Gasteiger partial charge >= 0.3 is 17.9 Å². The van der Waals surface area contributed by atoms with E-state index in [1.165, 1.54) is 289 Å². The zero-order chi connectivity index (χ0) is 57.8. The number of ether oxygens (including phenoxy) is 3. The summed E-state index contributed by atoms with van der Waals surface area (Å²) in [6, 6.07) is 0. The Labute approximate surface area is 499 Å². The molecule has 0 rings (SSSR count). The molecule has 6 nitrogen and oxygen atoms in total. The van der Waals surface area contributed by atoms with Gasteiger partial charge in [0.25, 0.3) is 0 Å². The van der Waals surface area contributed by atoms with E-state index in [9.17, 15) is 14.4 Å². The Balaban J connectivity index is 4.22. The van der Waals surface area contributed by atoms with Crippen molar-refractivity contribution in [1.29, 1.82) is 0 Å². The van der Waals surface area contributed by atoms with Crippen molar-refractivity contribution in [1.82, 2.24) is 0 Å². The average molecular weight is 1120 g/mol. The summed E-state index contributed by atoms with van der Waals surface area (Å²) in [5.41, 5.74) is 0. The fourth-order valence-electron chi connectivity index (χ4n) is 11.0. The number of rotatable bonds is 67. The molecule has 0 radical (unpaired) electrons. The second-order valence-corrected chi connectivity index (χ2v) is 24.5. The molecule has 0 N–H and O–H groups in total. The van der Waals surface area contributed by atoms with E-state index in [1.807, 2.05) is 0 Å². The highest BCUT2D eigenvalue weighted by atomic mass is 16.6. The molecule has 0 aliphatic heterocycles. The van der Waals surface area contributed by atoms with E-state index in [2.05, 4.69) is 57.2 Å². The van der Waals surface area contributed by atoms with Crippen molar-refractivity contribution in [3.05, 3.63) is 36.5 Å². The van der Waals surface area contributed by atoms with Gasteiger partial charge in [0.05, 0.1) is 0 Å². The number of allylic oxidation sites excluding steroid dienone is 6. The van der Waals surface area contributed by atoms with Crippen LogP contribution >= 0.6 is 0 Å². The van der Waals surface area contributed by atoms with Crippen molar-refractivity contribution in [3.8, 4) is 0 Å². The first-order valence-electron chi connectivity index (χ1n) is 36.0. The van der Waals surface area contributed by atoms with Gasteiger partial charge in [-0.15, -0.1) is 0 Å². The van der Waals surface area contributed by atoms with Crippen molar-refractivity contribution >= 4 is 17.9 Å². The van der Waals surface area contributed by atoms with E-state index < -0.39 is 6.10 Å². The van der Waals surface area contributed by atoms with E-state index in [0.717, 1.165) is 70.6 Å². The third-order valence-electron chi connectivity index (χ3n) is 16.4. The highest BCUT2D eigenvalue weighted by Crippen LogP contribution is 2.19. The SMILES string of the molecule is CCCCCCC/C=C\C/C=C\C/C=C\CCCCCCCCCCCCCCCCC(=O)OCC(COC(=O)CCCCCCCCCCCCCCCCC)OC(=O)CCCCCCCCCCCCCCCCCCCC. The molecule has 1 atom stereocenters. The van der Waals surface area contributed by atoms with Crippen LogP contribution in [0.25, 0.3) is 0 Å². The molecule has 0 aromatic rings. The topological polar surface area (TPSA) is 78.9 Å². The summed E-state index contributed by atoms with van der Waals surface area (Å²) in [6.07, 6.45) is 86.0. The molecule has 1 unspecified atom stereocenters. The first-order valence-corrected chi connectivity index (χ1v) is 36.0. The number of carbonyl (C=O) groups is 3. The van der Waals surface area contributed by atoms with Crippen LogP contribution in [0.5, 0.6) is 0 Å². The zero-order valence-corrected chi connectivity index (χ0v) is 54.1. The van der Waals surface area contributed by atoms with Gasteiger partial charge in [-0.2, -0.15) is 0 Å². The van der Waals surface area contributed by atoms with Gasteiger partial charge in [0.2, 0.25) is 0 Å². The van der Waals surface area contributed by atoms with Crippen molar-refractivity contribution in [3.63, 3.8) is 0 Å². The Morgan fingerprint density at radius 1 is 0.250 bits per heavy atom. The largest absolute Gasteiger partial charge is 0.462 e. The summed E-state index contributed by atoms with van der Waals surface area (Å²) in [4.78, 5) is 38.4. The van der Waals surface area contributed by atoms with Crippen LogP contribution in [0.3, 0.4) is 0 Å². The van der Waals surface area contributed by atoms with Crippen molar-refractivity contribution in [2.45, 2.75) is 406 Å². The van der Waals surface area contributed by atoms with Gasteiger partial charge in [-0.05, 0) is 57.8 Å². The molecule has 0 spiro atoms. The van der Waals surface area contributed by atoms with Gasteiger partial charge in [-0.25, -0.2) is 0 Å². The first kappa shape index (κ1) is 77.6. The number of unbranched alkanes of at least 4 members (excludes halogenated alkanes) is 50. The summed E-state index contributed by atoms with van der Waals surface area (Å²) in [5, 5.41) is 0. The highest BCUT2D eigenvalue weighted by Gasteiger charge is 2.19. The Morgan fingerprint density at radius 2 is 0.450 bits per heavy atom. The van der Waals surface area contributed by atoms with Gasteiger partial charge in [-0.1, -0.05) is 359 Å². The number of carbonyl (C=O) groups excluding carboxylic acids is 3. The van der Waals surface area contributed by atoms with Crippen LogP contribution in [0, 0.1) is 0 Å². The minimum Gasteiger partial charge on any atom is -0.462 e. The van der Waals surface area contributed by atoms with Crippen LogP contribution in [0.4, 0.5) is 0 Å². The Morgan fingerprint density at radius 3 is 0.700 bits per heavy atom. The summed E-state index contributed by atoms with van der Waals surface area (Å²) >= 11 is 0. The maximum absolute atomic E-state index is 12.9. The van der Waals surface area contributed by atoms with E-state index >= 15 is 0 Å². The van der Waals surface area contributed by atoms with Gasteiger partial charge < -0.3 is 14.2 Å². The molecule has 0 amide bonds. The Hall–Kier alpha value is -2.37. The highest BCUT2D eigenvalue weighted by molar-refractivity contribution is 5.71. The molecule has 0 aromatic heterocycles. The lowest BCUT2D eigenvalue weighted by molar-refractivity contribution is -0.167. The molecule has 0 aromatic carbocycles. The molecule has 0 aliphatic carbocycles. The number of hydrogen-bond acceptors (Lipinski definition) is 6. The van der Waals surface area contributed by atoms with Crippen LogP contribution in [-0.4, -0.2) is 37.2 Å². The second-order valence-electron chi connectivity index (χ2n) is 24.5. The zero-order valence-electron chi connectivity index (χ0n) is 54.1. The first-order chi connectivity index (χ1) is 39.5. The molecule has 0 heterocycles. The maximum Gasteiger partial charge on any atom is 0.306 e. The molecular weight excluding hydrogens is 985 g/mol. The number of hydrogen-bond donors (Lipinski definition) is 0. The lowest BCUT2D eigenvalue weighted by Gasteiger charge is -2.18. The Kier molecular flexibility index (Phi) is 67.1. The monoisotopic (exact) mass is 1120 g/mol. The van der Waals surface area contributed by atoms with Gasteiger partial charge in [0, 0.05) is 19.3 Å². The van der Waals surface area contributed by atoms with E-state index in [-0.39, 0.29) is 31.1 Å². The van der Waals surface area contributed by atoms with Crippen molar-refractivity contribution < 1.29 is 28.6 Å². The van der Waals surface area contributed by atoms with Gasteiger partial charge in [-0.3, -0.25) is 14.4 Å². The maximum atomic E-state index is 12.9.